The molecule has 0 saturated carbocycles. The molecule has 70 valence electrons. The molecule has 0 aromatic heterocycles. The van der Waals surface area contributed by atoms with Crippen LogP contribution < -0.4 is 15.2 Å². The van der Waals surface area contributed by atoms with Crippen molar-refractivity contribution < 1.29 is 14.6 Å². The Morgan fingerprint density at radius 3 is 2.62 bits per heavy atom. The zero-order valence-corrected chi connectivity index (χ0v) is 7.28. The lowest BCUT2D eigenvalue weighted by molar-refractivity contribution is 0.174. The van der Waals surface area contributed by atoms with E-state index in [1.54, 1.807) is 13.0 Å². The number of benzene rings is 1. The summed E-state index contributed by atoms with van der Waals surface area (Å²) in [6.07, 6.45) is 0. The number of hydrogen-bond donors (Lipinski definition) is 2. The number of phenolic OH excluding ortho intramolecular Hbond substituents is 1. The van der Waals surface area contributed by atoms with Gasteiger partial charge >= 0.3 is 0 Å². The van der Waals surface area contributed by atoms with Gasteiger partial charge in [0.2, 0.25) is 6.79 Å². The maximum atomic E-state index is 9.53. The van der Waals surface area contributed by atoms with Crippen LogP contribution in [0.1, 0.15) is 18.5 Å². The third-order valence-electron chi connectivity index (χ3n) is 2.01. The van der Waals surface area contributed by atoms with Crippen molar-refractivity contribution in [3.63, 3.8) is 0 Å². The van der Waals surface area contributed by atoms with Crippen LogP contribution in [0, 0.1) is 0 Å². The van der Waals surface area contributed by atoms with Crippen molar-refractivity contribution in [1.29, 1.82) is 0 Å². The Morgan fingerprint density at radius 2 is 2.00 bits per heavy atom. The Labute approximate surface area is 75.9 Å². The van der Waals surface area contributed by atoms with Crippen LogP contribution in [-0.4, -0.2) is 11.9 Å². The number of nitrogens with two attached hydrogens (primary N) is 1. The summed E-state index contributed by atoms with van der Waals surface area (Å²) >= 11 is 0. The van der Waals surface area contributed by atoms with Gasteiger partial charge in [-0.15, -0.1) is 0 Å². The van der Waals surface area contributed by atoms with Gasteiger partial charge in [-0.1, -0.05) is 0 Å². The fourth-order valence-corrected chi connectivity index (χ4v) is 1.31. The van der Waals surface area contributed by atoms with E-state index in [-0.39, 0.29) is 18.6 Å². The minimum absolute atomic E-state index is 0.152. The van der Waals surface area contributed by atoms with E-state index in [0.717, 1.165) is 0 Å². The highest BCUT2D eigenvalue weighted by Gasteiger charge is 2.18. The van der Waals surface area contributed by atoms with E-state index in [1.807, 2.05) is 0 Å². The summed E-state index contributed by atoms with van der Waals surface area (Å²) in [6, 6.07) is 3.03. The van der Waals surface area contributed by atoms with E-state index in [4.69, 9.17) is 15.2 Å². The molecule has 1 aromatic rings. The van der Waals surface area contributed by atoms with E-state index in [2.05, 4.69) is 0 Å². The Balaban J connectivity index is 2.49. The van der Waals surface area contributed by atoms with Crippen LogP contribution >= 0.6 is 0 Å². The molecule has 0 bridgehead atoms. The zero-order valence-electron chi connectivity index (χ0n) is 7.28. The first kappa shape index (κ1) is 8.19. The molecule has 1 heterocycles. The Hall–Kier alpha value is -1.42. The summed E-state index contributed by atoms with van der Waals surface area (Å²) in [5.74, 6) is 1.37. The predicted octanol–water partition coefficient (Wildman–Crippen LogP) is 1.14. The number of hydrogen-bond acceptors (Lipinski definition) is 4. The average Bonchev–Trinajstić information content (AvgIpc) is 2.48. The number of ether oxygens (including phenoxy) is 2. The molecule has 1 aliphatic rings. The maximum Gasteiger partial charge on any atom is 0.231 e. The Morgan fingerprint density at radius 1 is 1.38 bits per heavy atom. The number of rotatable bonds is 1. The molecule has 0 saturated heterocycles. The zero-order chi connectivity index (χ0) is 9.42. The first-order valence-electron chi connectivity index (χ1n) is 4.06. The third kappa shape index (κ3) is 1.29. The monoisotopic (exact) mass is 181 g/mol. The van der Waals surface area contributed by atoms with Crippen LogP contribution in [0.2, 0.25) is 0 Å². The van der Waals surface area contributed by atoms with Crippen molar-refractivity contribution in [2.24, 2.45) is 5.73 Å². The molecule has 0 aliphatic carbocycles. The van der Waals surface area contributed by atoms with E-state index in [0.29, 0.717) is 17.1 Å². The van der Waals surface area contributed by atoms with Gasteiger partial charge < -0.3 is 20.3 Å². The van der Waals surface area contributed by atoms with Crippen molar-refractivity contribution >= 4 is 0 Å². The standard InChI is InChI=1S/C9H11NO3/c1-5(10)6-2-8-9(3-7(6)11)13-4-12-8/h2-3,5,11H,4,10H2,1H3. The average molecular weight is 181 g/mol. The van der Waals surface area contributed by atoms with E-state index >= 15 is 0 Å². The molecule has 1 aliphatic heterocycles. The molecule has 0 radical (unpaired) electrons. The lowest BCUT2D eigenvalue weighted by Gasteiger charge is -2.08. The first-order valence-corrected chi connectivity index (χ1v) is 4.06. The third-order valence-corrected chi connectivity index (χ3v) is 2.01. The number of fused-ring (bicyclic) bond motifs is 1. The van der Waals surface area contributed by atoms with Crippen molar-refractivity contribution in [3.05, 3.63) is 17.7 Å². The number of aromatic hydroxyl groups is 1. The van der Waals surface area contributed by atoms with Crippen LogP contribution in [0.3, 0.4) is 0 Å². The molecule has 4 nitrogen and oxygen atoms in total. The molecule has 0 amide bonds. The van der Waals surface area contributed by atoms with Crippen LogP contribution in [0.15, 0.2) is 12.1 Å². The second kappa shape index (κ2) is 2.81. The van der Waals surface area contributed by atoms with Crippen LogP contribution in [-0.2, 0) is 0 Å². The summed E-state index contributed by atoms with van der Waals surface area (Å²) in [6.45, 7) is 2.01. The van der Waals surface area contributed by atoms with Crippen LogP contribution in [0.5, 0.6) is 17.2 Å². The first-order chi connectivity index (χ1) is 6.18. The summed E-state index contributed by atoms with van der Waals surface area (Å²) in [4.78, 5) is 0. The largest absolute Gasteiger partial charge is 0.507 e. The van der Waals surface area contributed by atoms with E-state index < -0.39 is 0 Å². The van der Waals surface area contributed by atoms with E-state index in [9.17, 15) is 5.11 Å². The minimum atomic E-state index is -0.213. The highest BCUT2D eigenvalue weighted by Crippen LogP contribution is 2.39. The normalized spacial score (nSPS) is 15.8. The summed E-state index contributed by atoms with van der Waals surface area (Å²) < 4.78 is 10.2. The van der Waals surface area contributed by atoms with Gasteiger partial charge in [-0.2, -0.15) is 0 Å². The van der Waals surface area contributed by atoms with Crippen molar-refractivity contribution in [3.8, 4) is 17.2 Å². The molecule has 0 spiro atoms. The smallest absolute Gasteiger partial charge is 0.231 e. The van der Waals surface area contributed by atoms with Crippen molar-refractivity contribution in [1.82, 2.24) is 0 Å². The SMILES string of the molecule is CC(N)c1cc2c(cc1O)OCO2. The Kier molecular flexibility index (Phi) is 1.77. The van der Waals surface area contributed by atoms with Gasteiger partial charge in [0.1, 0.15) is 5.75 Å². The molecule has 0 fully saturated rings. The topological polar surface area (TPSA) is 64.7 Å². The molecule has 4 heteroatoms. The fourth-order valence-electron chi connectivity index (χ4n) is 1.31. The van der Waals surface area contributed by atoms with Gasteiger partial charge in [0.25, 0.3) is 0 Å². The van der Waals surface area contributed by atoms with Crippen LogP contribution in [0.25, 0.3) is 0 Å². The fraction of sp³-hybridized carbons (Fsp3) is 0.333. The molecule has 1 atom stereocenters. The highest BCUT2D eigenvalue weighted by atomic mass is 16.7. The van der Waals surface area contributed by atoms with E-state index in [1.165, 1.54) is 6.07 Å². The maximum absolute atomic E-state index is 9.53. The second-order valence-electron chi connectivity index (χ2n) is 3.05. The summed E-state index contributed by atoms with van der Waals surface area (Å²) in [5, 5.41) is 9.53. The highest BCUT2D eigenvalue weighted by molar-refractivity contribution is 5.52. The van der Waals surface area contributed by atoms with Crippen molar-refractivity contribution in [2.45, 2.75) is 13.0 Å². The molecule has 1 unspecified atom stereocenters. The molecule has 2 rings (SSSR count). The number of phenols is 1. The second-order valence-corrected chi connectivity index (χ2v) is 3.05. The minimum Gasteiger partial charge on any atom is -0.507 e. The Bertz CT molecular complexity index is 336. The molecule has 1 aromatic carbocycles. The van der Waals surface area contributed by atoms with Gasteiger partial charge in [-0.05, 0) is 13.0 Å². The molecule has 3 N–H and O–H groups in total. The lowest BCUT2D eigenvalue weighted by Crippen LogP contribution is -2.04. The molecular formula is C9H11NO3. The van der Waals surface area contributed by atoms with Gasteiger partial charge in [-0.3, -0.25) is 0 Å². The van der Waals surface area contributed by atoms with Gasteiger partial charge in [0.05, 0.1) is 0 Å². The van der Waals surface area contributed by atoms with Gasteiger partial charge in [0, 0.05) is 17.7 Å². The lowest BCUT2D eigenvalue weighted by atomic mass is 10.1. The van der Waals surface area contributed by atoms with Crippen LogP contribution in [0.4, 0.5) is 0 Å². The molecule has 13 heavy (non-hydrogen) atoms. The molecular weight excluding hydrogens is 170 g/mol. The van der Waals surface area contributed by atoms with Crippen molar-refractivity contribution in [2.75, 3.05) is 6.79 Å². The summed E-state index contributed by atoms with van der Waals surface area (Å²) in [5.41, 5.74) is 6.32. The van der Waals surface area contributed by atoms with Gasteiger partial charge in [-0.25, -0.2) is 0 Å². The summed E-state index contributed by atoms with van der Waals surface area (Å²) in [7, 11) is 0. The van der Waals surface area contributed by atoms with Gasteiger partial charge in [0.15, 0.2) is 11.5 Å². The quantitative estimate of drug-likeness (QED) is 0.681. The predicted molar refractivity (Wildman–Crippen MR) is 46.8 cm³/mol.